The van der Waals surface area contributed by atoms with Crippen LogP contribution in [0.3, 0.4) is 0 Å². The molecule has 0 aliphatic carbocycles. The minimum Gasteiger partial charge on any atom is -0.490 e. The van der Waals surface area contributed by atoms with Crippen molar-refractivity contribution in [3.05, 3.63) is 48.2 Å². The number of para-hydroxylation sites is 2. The van der Waals surface area contributed by atoms with Crippen LogP contribution in [0.2, 0.25) is 0 Å². The van der Waals surface area contributed by atoms with Crippen LogP contribution in [0.5, 0.6) is 17.4 Å². The number of hydrogen-bond donors (Lipinski definition) is 1. The molecule has 0 aliphatic heterocycles. The van der Waals surface area contributed by atoms with E-state index in [1.54, 1.807) is 6.20 Å². The van der Waals surface area contributed by atoms with Gasteiger partial charge in [-0.2, -0.15) is 0 Å². The van der Waals surface area contributed by atoms with Gasteiger partial charge in [0.1, 0.15) is 0 Å². The number of nitrogens with two attached hydrogens (primary N) is 1. The molecule has 1 aromatic carbocycles. The van der Waals surface area contributed by atoms with Crippen LogP contribution in [0.25, 0.3) is 0 Å². The van der Waals surface area contributed by atoms with E-state index in [1.807, 2.05) is 50.2 Å². The van der Waals surface area contributed by atoms with E-state index in [0.29, 0.717) is 24.0 Å². The van der Waals surface area contributed by atoms with Gasteiger partial charge < -0.3 is 15.2 Å². The highest BCUT2D eigenvalue weighted by atomic mass is 16.5. The van der Waals surface area contributed by atoms with Crippen LogP contribution in [0, 0.1) is 0 Å². The largest absolute Gasteiger partial charge is 0.490 e. The van der Waals surface area contributed by atoms with Gasteiger partial charge in [-0.1, -0.05) is 18.2 Å². The van der Waals surface area contributed by atoms with Crippen molar-refractivity contribution in [2.45, 2.75) is 19.9 Å². The van der Waals surface area contributed by atoms with Crippen molar-refractivity contribution in [2.24, 2.45) is 5.73 Å². The van der Waals surface area contributed by atoms with Gasteiger partial charge in [0.25, 0.3) is 0 Å². The molecule has 0 bridgehead atoms. The number of aromatic nitrogens is 1. The maximum absolute atomic E-state index is 5.91. The molecule has 1 atom stereocenters. The first-order valence-corrected chi connectivity index (χ1v) is 6.32. The first-order chi connectivity index (χ1) is 9.22. The Bertz CT molecular complexity index is 541. The molecule has 0 amide bonds. The van der Waals surface area contributed by atoms with Crippen LogP contribution >= 0.6 is 0 Å². The third kappa shape index (κ3) is 3.23. The van der Waals surface area contributed by atoms with Gasteiger partial charge in [0.15, 0.2) is 11.5 Å². The van der Waals surface area contributed by atoms with Crippen LogP contribution in [0.1, 0.15) is 25.5 Å². The average Bonchev–Trinajstić information content (AvgIpc) is 2.42. The molecule has 2 N–H and O–H groups in total. The van der Waals surface area contributed by atoms with Crippen molar-refractivity contribution in [1.82, 2.24) is 4.98 Å². The van der Waals surface area contributed by atoms with Gasteiger partial charge in [-0.3, -0.25) is 0 Å². The fourth-order valence-electron chi connectivity index (χ4n) is 1.75. The molecule has 0 radical (unpaired) electrons. The zero-order valence-corrected chi connectivity index (χ0v) is 11.2. The van der Waals surface area contributed by atoms with E-state index in [4.69, 9.17) is 15.2 Å². The second kappa shape index (κ2) is 6.20. The summed E-state index contributed by atoms with van der Waals surface area (Å²) in [5, 5.41) is 0. The van der Waals surface area contributed by atoms with Crippen molar-refractivity contribution in [3.8, 4) is 17.4 Å². The fourth-order valence-corrected chi connectivity index (χ4v) is 1.75. The van der Waals surface area contributed by atoms with E-state index in [2.05, 4.69) is 4.98 Å². The van der Waals surface area contributed by atoms with Gasteiger partial charge in [-0.15, -0.1) is 0 Å². The van der Waals surface area contributed by atoms with E-state index in [9.17, 15) is 0 Å². The van der Waals surface area contributed by atoms with E-state index in [1.165, 1.54) is 0 Å². The topological polar surface area (TPSA) is 57.4 Å². The summed E-state index contributed by atoms with van der Waals surface area (Å²) in [5.41, 5.74) is 6.78. The Hall–Kier alpha value is -2.07. The Morgan fingerprint density at radius 2 is 1.89 bits per heavy atom. The van der Waals surface area contributed by atoms with Gasteiger partial charge in [-0.05, 0) is 32.0 Å². The summed E-state index contributed by atoms with van der Waals surface area (Å²) in [6.07, 6.45) is 1.69. The van der Waals surface area contributed by atoms with Gasteiger partial charge >= 0.3 is 0 Å². The molecule has 0 fully saturated rings. The van der Waals surface area contributed by atoms with Gasteiger partial charge in [0.05, 0.1) is 6.61 Å². The Balaban J connectivity index is 2.31. The van der Waals surface area contributed by atoms with Crippen LogP contribution in [0.4, 0.5) is 0 Å². The lowest BCUT2D eigenvalue weighted by molar-refractivity contribution is 0.318. The summed E-state index contributed by atoms with van der Waals surface area (Å²) in [7, 11) is 0. The maximum atomic E-state index is 5.91. The van der Waals surface area contributed by atoms with Crippen molar-refractivity contribution in [1.29, 1.82) is 0 Å². The third-order valence-electron chi connectivity index (χ3n) is 2.65. The summed E-state index contributed by atoms with van der Waals surface area (Å²) in [6, 6.07) is 11.1. The zero-order chi connectivity index (χ0) is 13.7. The third-order valence-corrected chi connectivity index (χ3v) is 2.65. The minimum atomic E-state index is -0.136. The average molecular weight is 258 g/mol. The van der Waals surface area contributed by atoms with E-state index in [0.717, 1.165) is 5.56 Å². The van der Waals surface area contributed by atoms with Crippen molar-refractivity contribution < 1.29 is 9.47 Å². The predicted octanol–water partition coefficient (Wildman–Crippen LogP) is 3.29. The van der Waals surface area contributed by atoms with Crippen LogP contribution < -0.4 is 15.2 Å². The number of benzene rings is 1. The zero-order valence-electron chi connectivity index (χ0n) is 11.2. The summed E-state index contributed by atoms with van der Waals surface area (Å²) < 4.78 is 11.4. The Kier molecular flexibility index (Phi) is 4.36. The molecular weight excluding hydrogens is 240 g/mol. The highest BCUT2D eigenvalue weighted by Gasteiger charge is 2.12. The molecule has 2 rings (SSSR count). The minimum absolute atomic E-state index is 0.136. The molecule has 4 nitrogen and oxygen atoms in total. The lowest BCUT2D eigenvalue weighted by Crippen LogP contribution is -2.07. The predicted molar refractivity (Wildman–Crippen MR) is 74.5 cm³/mol. The normalized spacial score (nSPS) is 11.9. The maximum Gasteiger partial charge on any atom is 0.224 e. The monoisotopic (exact) mass is 258 g/mol. The molecule has 4 heteroatoms. The van der Waals surface area contributed by atoms with Crippen LogP contribution in [-0.2, 0) is 0 Å². The van der Waals surface area contributed by atoms with Crippen molar-refractivity contribution in [2.75, 3.05) is 6.61 Å². The number of rotatable bonds is 5. The number of nitrogens with zero attached hydrogens (tertiary/aromatic N) is 1. The molecule has 1 unspecified atom stereocenters. The second-order valence-corrected chi connectivity index (χ2v) is 4.17. The van der Waals surface area contributed by atoms with Gasteiger partial charge in [-0.25, -0.2) is 4.98 Å². The standard InChI is InChI=1S/C15H18N2O2/c1-3-18-13-8-4-5-9-14(13)19-15-12(11(2)16)7-6-10-17-15/h4-11H,3,16H2,1-2H3. The Morgan fingerprint density at radius 3 is 2.58 bits per heavy atom. The van der Waals surface area contributed by atoms with Crippen LogP contribution in [-0.4, -0.2) is 11.6 Å². The van der Waals surface area contributed by atoms with Crippen LogP contribution in [0.15, 0.2) is 42.6 Å². The fraction of sp³-hybridized carbons (Fsp3) is 0.267. The summed E-state index contributed by atoms with van der Waals surface area (Å²) in [5.74, 6) is 1.86. The molecule has 100 valence electrons. The summed E-state index contributed by atoms with van der Waals surface area (Å²) >= 11 is 0. The van der Waals surface area contributed by atoms with Crippen molar-refractivity contribution >= 4 is 0 Å². The molecule has 1 heterocycles. The molecule has 0 saturated heterocycles. The summed E-state index contributed by atoms with van der Waals surface area (Å²) in [4.78, 5) is 4.24. The smallest absolute Gasteiger partial charge is 0.224 e. The van der Waals surface area contributed by atoms with Gasteiger partial charge in [0.2, 0.25) is 5.88 Å². The first kappa shape index (κ1) is 13.4. The highest BCUT2D eigenvalue weighted by molar-refractivity contribution is 5.43. The summed E-state index contributed by atoms with van der Waals surface area (Å²) in [6.45, 7) is 4.42. The number of ether oxygens (including phenoxy) is 2. The molecule has 1 aromatic heterocycles. The molecule has 2 aromatic rings. The highest BCUT2D eigenvalue weighted by Crippen LogP contribution is 2.32. The molecule has 19 heavy (non-hydrogen) atoms. The Labute approximate surface area is 113 Å². The van der Waals surface area contributed by atoms with Crippen molar-refractivity contribution in [3.63, 3.8) is 0 Å². The Morgan fingerprint density at radius 1 is 1.16 bits per heavy atom. The molecular formula is C15H18N2O2. The van der Waals surface area contributed by atoms with E-state index >= 15 is 0 Å². The van der Waals surface area contributed by atoms with E-state index < -0.39 is 0 Å². The number of hydrogen-bond acceptors (Lipinski definition) is 4. The van der Waals surface area contributed by atoms with Gasteiger partial charge in [0, 0.05) is 17.8 Å². The second-order valence-electron chi connectivity index (χ2n) is 4.17. The van der Waals surface area contributed by atoms with E-state index in [-0.39, 0.29) is 6.04 Å². The molecule has 0 spiro atoms. The first-order valence-electron chi connectivity index (χ1n) is 6.32. The SMILES string of the molecule is CCOc1ccccc1Oc1ncccc1C(C)N. The lowest BCUT2D eigenvalue weighted by atomic mass is 10.1. The number of pyridine rings is 1. The quantitative estimate of drug-likeness (QED) is 0.894. The lowest BCUT2D eigenvalue weighted by Gasteiger charge is -2.14. The molecule has 0 aliphatic rings. The molecule has 0 saturated carbocycles.